The first kappa shape index (κ1) is 17.2. The summed E-state index contributed by atoms with van der Waals surface area (Å²) in [7, 11) is 0. The molecule has 1 aliphatic heterocycles. The van der Waals surface area contributed by atoms with Crippen molar-refractivity contribution in [2.24, 2.45) is 0 Å². The van der Waals surface area contributed by atoms with Crippen molar-refractivity contribution in [1.29, 1.82) is 0 Å². The van der Waals surface area contributed by atoms with Gasteiger partial charge < -0.3 is 19.8 Å². The number of hydroxylamine groups is 2. The van der Waals surface area contributed by atoms with Crippen LogP contribution >= 0.6 is 0 Å². The van der Waals surface area contributed by atoms with E-state index < -0.39 is 30.4 Å². The summed E-state index contributed by atoms with van der Waals surface area (Å²) in [5.41, 5.74) is 0. The van der Waals surface area contributed by atoms with E-state index in [2.05, 4.69) is 4.84 Å². The Labute approximate surface area is 122 Å². The molecule has 0 aromatic carbocycles. The predicted molar refractivity (Wildman–Crippen MR) is 68.2 cm³/mol. The van der Waals surface area contributed by atoms with Crippen molar-refractivity contribution >= 4 is 18.0 Å². The number of hydrogen-bond donors (Lipinski definition) is 2. The first-order valence-electron chi connectivity index (χ1n) is 6.69. The van der Waals surface area contributed by atoms with Gasteiger partial charge in [-0.05, 0) is 6.42 Å². The van der Waals surface area contributed by atoms with E-state index in [9.17, 15) is 24.6 Å². The van der Waals surface area contributed by atoms with Gasteiger partial charge in [-0.25, -0.2) is 9.59 Å². The molecule has 120 valence electrons. The summed E-state index contributed by atoms with van der Waals surface area (Å²) in [5.74, 6) is -1.76. The molecule has 9 nitrogen and oxygen atoms in total. The van der Waals surface area contributed by atoms with Crippen LogP contribution in [-0.2, 0) is 19.2 Å². The lowest BCUT2D eigenvalue weighted by atomic mass is 10.2. The molecule has 2 atom stereocenters. The third kappa shape index (κ3) is 4.57. The third-order valence-corrected chi connectivity index (χ3v) is 2.80. The lowest BCUT2D eigenvalue weighted by Crippen LogP contribution is -2.60. The van der Waals surface area contributed by atoms with Crippen molar-refractivity contribution in [1.82, 2.24) is 9.96 Å². The van der Waals surface area contributed by atoms with E-state index in [4.69, 9.17) is 4.74 Å². The number of urea groups is 1. The van der Waals surface area contributed by atoms with Crippen LogP contribution in [0.1, 0.15) is 33.1 Å². The fraction of sp³-hybridized carbons (Fsp3) is 0.750. The largest absolute Gasteiger partial charge is 0.462 e. The summed E-state index contributed by atoms with van der Waals surface area (Å²) in [6.45, 7) is 3.09. The van der Waals surface area contributed by atoms with Gasteiger partial charge in [-0.2, -0.15) is 5.06 Å². The monoisotopic (exact) mass is 304 g/mol. The minimum atomic E-state index is -1.96. The first-order valence-corrected chi connectivity index (χ1v) is 6.69. The molecule has 21 heavy (non-hydrogen) atoms. The maximum atomic E-state index is 12.0. The number of aliphatic hydroxyl groups excluding tert-OH is 2. The van der Waals surface area contributed by atoms with Crippen molar-refractivity contribution in [3.63, 3.8) is 0 Å². The minimum absolute atomic E-state index is 0.0122. The van der Waals surface area contributed by atoms with Crippen LogP contribution in [0.4, 0.5) is 4.79 Å². The second-order valence-corrected chi connectivity index (χ2v) is 4.54. The average molecular weight is 304 g/mol. The Morgan fingerprint density at radius 3 is 2.71 bits per heavy atom. The van der Waals surface area contributed by atoms with E-state index >= 15 is 0 Å². The normalized spacial score (nSPS) is 20.2. The highest BCUT2D eigenvalue weighted by Gasteiger charge is 2.41. The molecule has 2 unspecified atom stereocenters. The standard InChI is InChI=1S/C12H20N2O7/c1-3-4-7-20-11(18)10(17)14-9(16)5-6-13(12(14)19)21-8(2)15/h9-10,16-17H,3-7H2,1-2H3. The Kier molecular flexibility index (Phi) is 6.38. The zero-order valence-corrected chi connectivity index (χ0v) is 12.0. The van der Waals surface area contributed by atoms with Gasteiger partial charge in [0, 0.05) is 13.3 Å². The van der Waals surface area contributed by atoms with Gasteiger partial charge in [-0.3, -0.25) is 9.69 Å². The second kappa shape index (κ2) is 7.79. The molecule has 0 spiro atoms. The molecule has 0 aromatic rings. The van der Waals surface area contributed by atoms with Gasteiger partial charge >= 0.3 is 18.0 Å². The maximum Gasteiger partial charge on any atom is 0.357 e. The van der Waals surface area contributed by atoms with Gasteiger partial charge in [0.05, 0.1) is 13.2 Å². The van der Waals surface area contributed by atoms with E-state index in [0.717, 1.165) is 13.3 Å². The molecule has 0 bridgehead atoms. The lowest BCUT2D eigenvalue weighted by Gasteiger charge is -2.38. The number of hydrogen-bond acceptors (Lipinski definition) is 7. The summed E-state index contributed by atoms with van der Waals surface area (Å²) >= 11 is 0. The van der Waals surface area contributed by atoms with Crippen LogP contribution in [0, 0.1) is 0 Å². The topological polar surface area (TPSA) is 117 Å². The van der Waals surface area contributed by atoms with Crippen molar-refractivity contribution in [3.8, 4) is 0 Å². The van der Waals surface area contributed by atoms with Crippen molar-refractivity contribution in [2.75, 3.05) is 13.2 Å². The molecule has 0 radical (unpaired) electrons. The highest BCUT2D eigenvalue weighted by atomic mass is 16.7. The number of aliphatic hydroxyl groups is 2. The zero-order valence-electron chi connectivity index (χ0n) is 12.0. The molecule has 1 saturated heterocycles. The molecule has 1 aliphatic rings. The molecule has 2 amide bonds. The molecular formula is C12H20N2O7. The summed E-state index contributed by atoms with van der Waals surface area (Å²) in [4.78, 5) is 39.7. The third-order valence-electron chi connectivity index (χ3n) is 2.80. The Morgan fingerprint density at radius 1 is 1.48 bits per heavy atom. The summed E-state index contributed by atoms with van der Waals surface area (Å²) in [5, 5.41) is 20.3. The number of rotatable bonds is 6. The van der Waals surface area contributed by atoms with E-state index in [-0.39, 0.29) is 19.6 Å². The lowest BCUT2D eigenvalue weighted by molar-refractivity contribution is -0.201. The Hall–Kier alpha value is -1.87. The van der Waals surface area contributed by atoms with Gasteiger partial charge in [-0.15, -0.1) is 0 Å². The fourth-order valence-corrected chi connectivity index (χ4v) is 1.74. The van der Waals surface area contributed by atoms with Crippen molar-refractivity contribution in [3.05, 3.63) is 0 Å². The molecule has 1 fully saturated rings. The van der Waals surface area contributed by atoms with Crippen molar-refractivity contribution in [2.45, 2.75) is 45.6 Å². The molecule has 0 saturated carbocycles. The fourth-order valence-electron chi connectivity index (χ4n) is 1.74. The second-order valence-electron chi connectivity index (χ2n) is 4.54. The number of nitrogens with zero attached hydrogens (tertiary/aromatic N) is 2. The number of unbranched alkanes of at least 4 members (excludes halogenated alkanes) is 1. The van der Waals surface area contributed by atoms with Crippen molar-refractivity contribution < 1.29 is 34.2 Å². The Balaban J connectivity index is 2.70. The van der Waals surface area contributed by atoms with Crippen LogP contribution in [0.25, 0.3) is 0 Å². The van der Waals surface area contributed by atoms with Gasteiger partial charge in [0.2, 0.25) is 6.23 Å². The predicted octanol–water partition coefficient (Wildman–Crippen LogP) is -0.428. The molecule has 1 rings (SSSR count). The van der Waals surface area contributed by atoms with Gasteiger partial charge in [-0.1, -0.05) is 13.3 Å². The SMILES string of the molecule is CCCCOC(=O)C(O)N1C(=O)N(OC(C)=O)CCC1O. The van der Waals surface area contributed by atoms with E-state index in [1.54, 1.807) is 0 Å². The Morgan fingerprint density at radius 2 is 2.14 bits per heavy atom. The summed E-state index contributed by atoms with van der Waals surface area (Å²) < 4.78 is 4.79. The number of carbonyl (C=O) groups is 3. The smallest absolute Gasteiger partial charge is 0.357 e. The summed E-state index contributed by atoms with van der Waals surface area (Å²) in [6.07, 6.45) is -1.89. The Bertz CT molecular complexity index is 401. The average Bonchev–Trinajstić information content (AvgIpc) is 2.41. The molecule has 9 heteroatoms. The highest BCUT2D eigenvalue weighted by molar-refractivity contribution is 5.83. The number of ether oxygens (including phenoxy) is 1. The molecule has 1 heterocycles. The van der Waals surface area contributed by atoms with E-state index in [0.29, 0.717) is 16.4 Å². The van der Waals surface area contributed by atoms with Crippen LogP contribution in [0.5, 0.6) is 0 Å². The van der Waals surface area contributed by atoms with Gasteiger partial charge in [0.25, 0.3) is 0 Å². The highest BCUT2D eigenvalue weighted by Crippen LogP contribution is 2.18. The van der Waals surface area contributed by atoms with Crippen LogP contribution in [0.15, 0.2) is 0 Å². The van der Waals surface area contributed by atoms with Gasteiger partial charge in [0.15, 0.2) is 0 Å². The zero-order chi connectivity index (χ0) is 16.0. The van der Waals surface area contributed by atoms with E-state index in [1.807, 2.05) is 6.92 Å². The summed E-state index contributed by atoms with van der Waals surface area (Å²) in [6, 6.07) is -0.983. The number of amides is 2. The quantitative estimate of drug-likeness (QED) is 0.505. The van der Waals surface area contributed by atoms with Crippen LogP contribution < -0.4 is 0 Å². The molecule has 0 aliphatic carbocycles. The maximum absolute atomic E-state index is 12.0. The van der Waals surface area contributed by atoms with Crippen LogP contribution in [0.3, 0.4) is 0 Å². The minimum Gasteiger partial charge on any atom is -0.462 e. The molecule has 2 N–H and O–H groups in total. The number of carbonyl (C=O) groups excluding carboxylic acids is 3. The van der Waals surface area contributed by atoms with E-state index in [1.165, 1.54) is 0 Å². The van der Waals surface area contributed by atoms with Gasteiger partial charge in [0.1, 0.15) is 6.23 Å². The molecular weight excluding hydrogens is 284 g/mol. The first-order chi connectivity index (χ1) is 9.88. The molecule has 0 aromatic heterocycles. The number of esters is 1. The van der Waals surface area contributed by atoms with Crippen LogP contribution in [0.2, 0.25) is 0 Å². The van der Waals surface area contributed by atoms with Crippen LogP contribution in [-0.4, -0.2) is 63.8 Å².